The molecule has 1 aliphatic rings. The predicted octanol–water partition coefficient (Wildman–Crippen LogP) is 5.18. The Kier molecular flexibility index (Phi) is 7.68. The van der Waals surface area contributed by atoms with Crippen molar-refractivity contribution in [3.05, 3.63) is 81.6 Å². The Bertz CT molecular complexity index is 1380. The molecule has 1 saturated heterocycles. The zero-order valence-corrected chi connectivity index (χ0v) is 21.3. The van der Waals surface area contributed by atoms with Crippen LogP contribution in [0.3, 0.4) is 0 Å². The number of Topliss-reactive ketones (excluding diaryl/α,β-unsaturated/α-hetero) is 1. The average Bonchev–Trinajstić information content (AvgIpc) is 3.40. The topological polar surface area (TPSA) is 106 Å². The molecule has 3 aromatic rings. The average molecular weight is 525 g/mol. The highest BCUT2D eigenvalue weighted by Crippen LogP contribution is 2.44. The first-order valence-electron chi connectivity index (χ1n) is 11.6. The molecule has 1 unspecified atom stereocenters. The van der Waals surface area contributed by atoms with Crippen molar-refractivity contribution in [2.45, 2.75) is 32.7 Å². The van der Waals surface area contributed by atoms with Crippen molar-refractivity contribution in [1.29, 1.82) is 0 Å². The lowest BCUT2D eigenvalue weighted by molar-refractivity contribution is -0.132. The molecule has 1 aromatic heterocycles. The van der Waals surface area contributed by atoms with Crippen LogP contribution in [0.5, 0.6) is 5.75 Å². The van der Waals surface area contributed by atoms with Gasteiger partial charge in [0.1, 0.15) is 22.2 Å². The number of hydrogen-bond acceptors (Lipinski definition) is 8. The van der Waals surface area contributed by atoms with Crippen molar-refractivity contribution in [3.8, 4) is 5.75 Å². The summed E-state index contributed by atoms with van der Waals surface area (Å²) < 4.78 is 24.2. The highest BCUT2D eigenvalue weighted by atomic mass is 32.1. The summed E-state index contributed by atoms with van der Waals surface area (Å²) in [7, 11) is 1.23. The third kappa shape index (κ3) is 5.10. The van der Waals surface area contributed by atoms with Crippen molar-refractivity contribution >= 4 is 39.9 Å². The van der Waals surface area contributed by atoms with E-state index in [2.05, 4.69) is 4.98 Å². The zero-order valence-electron chi connectivity index (χ0n) is 20.5. The molecular weight excluding hydrogens is 499 g/mol. The smallest absolute Gasteiger partial charge is 0.350 e. The molecule has 37 heavy (non-hydrogen) atoms. The molecule has 0 saturated carbocycles. The van der Waals surface area contributed by atoms with Crippen molar-refractivity contribution in [1.82, 2.24) is 4.98 Å². The Morgan fingerprint density at radius 2 is 1.92 bits per heavy atom. The SMILES string of the molecule is CCCCOc1cccc(C(O)=C2C(=O)C(=O)N(c3nc(C)c(C(=O)OC)s3)C2c2ccc(F)cc2)c1. The molecule has 10 heteroatoms. The van der Waals surface area contributed by atoms with E-state index in [1.165, 1.54) is 31.4 Å². The van der Waals surface area contributed by atoms with Gasteiger partial charge in [0.05, 0.1) is 31.0 Å². The van der Waals surface area contributed by atoms with E-state index in [9.17, 15) is 23.9 Å². The van der Waals surface area contributed by atoms with Gasteiger partial charge in [0.25, 0.3) is 5.78 Å². The van der Waals surface area contributed by atoms with Gasteiger partial charge in [-0.25, -0.2) is 14.2 Å². The number of methoxy groups -OCH3 is 1. The monoisotopic (exact) mass is 524 g/mol. The molecule has 1 aliphatic heterocycles. The molecular formula is C27H25FN2O6S. The third-order valence-corrected chi connectivity index (χ3v) is 7.00. The number of thiazole rings is 1. The Morgan fingerprint density at radius 1 is 1.19 bits per heavy atom. The Labute approximate surface area is 217 Å². The molecule has 8 nitrogen and oxygen atoms in total. The van der Waals surface area contributed by atoms with E-state index >= 15 is 0 Å². The quantitative estimate of drug-likeness (QED) is 0.142. The summed E-state index contributed by atoms with van der Waals surface area (Å²) in [5.74, 6) is -2.90. The lowest BCUT2D eigenvalue weighted by atomic mass is 9.95. The summed E-state index contributed by atoms with van der Waals surface area (Å²) in [5.41, 5.74) is 0.799. The summed E-state index contributed by atoms with van der Waals surface area (Å²) in [5, 5.41) is 11.4. The van der Waals surface area contributed by atoms with Crippen molar-refractivity contribution < 1.29 is 33.4 Å². The first-order chi connectivity index (χ1) is 17.8. The van der Waals surface area contributed by atoms with E-state index in [0.717, 1.165) is 29.1 Å². The van der Waals surface area contributed by atoms with Crippen LogP contribution in [-0.4, -0.2) is 41.5 Å². The predicted molar refractivity (Wildman–Crippen MR) is 136 cm³/mol. The molecule has 2 heterocycles. The second kappa shape index (κ2) is 10.9. The fourth-order valence-corrected chi connectivity index (χ4v) is 4.99. The van der Waals surface area contributed by atoms with Crippen LogP contribution in [0.1, 0.15) is 52.3 Å². The highest BCUT2D eigenvalue weighted by molar-refractivity contribution is 7.17. The summed E-state index contributed by atoms with van der Waals surface area (Å²) >= 11 is 0.889. The fraction of sp³-hybridized carbons (Fsp3) is 0.259. The van der Waals surface area contributed by atoms with Gasteiger partial charge in [-0.2, -0.15) is 0 Å². The summed E-state index contributed by atoms with van der Waals surface area (Å²) in [6.45, 7) is 4.12. The molecule has 1 fully saturated rings. The van der Waals surface area contributed by atoms with Gasteiger partial charge >= 0.3 is 11.9 Å². The van der Waals surface area contributed by atoms with E-state index in [0.29, 0.717) is 23.6 Å². The summed E-state index contributed by atoms with van der Waals surface area (Å²) in [4.78, 5) is 44.4. The normalized spacial score (nSPS) is 16.8. The second-order valence-corrected chi connectivity index (χ2v) is 9.33. The number of aliphatic hydroxyl groups is 1. The molecule has 0 radical (unpaired) electrons. The third-order valence-electron chi connectivity index (χ3n) is 5.87. The van der Waals surface area contributed by atoms with Gasteiger partial charge in [-0.05, 0) is 43.2 Å². The van der Waals surface area contributed by atoms with Crippen LogP contribution in [0.4, 0.5) is 9.52 Å². The minimum absolute atomic E-state index is 0.0741. The van der Waals surface area contributed by atoms with Gasteiger partial charge in [0.2, 0.25) is 0 Å². The largest absolute Gasteiger partial charge is 0.507 e. The second-order valence-electron chi connectivity index (χ2n) is 8.35. The van der Waals surface area contributed by atoms with E-state index in [1.54, 1.807) is 31.2 Å². The van der Waals surface area contributed by atoms with Gasteiger partial charge in [0, 0.05) is 5.56 Å². The maximum absolute atomic E-state index is 13.7. The number of aliphatic hydroxyl groups excluding tert-OH is 1. The fourth-order valence-electron chi connectivity index (χ4n) is 3.98. The number of anilines is 1. The number of rotatable bonds is 8. The van der Waals surface area contributed by atoms with E-state index in [1.807, 2.05) is 6.92 Å². The molecule has 1 N–H and O–H groups in total. The van der Waals surface area contributed by atoms with E-state index in [-0.39, 0.29) is 21.1 Å². The number of nitrogens with zero attached hydrogens (tertiary/aromatic N) is 2. The maximum Gasteiger partial charge on any atom is 0.350 e. The molecule has 0 bridgehead atoms. The van der Waals surface area contributed by atoms with Crippen LogP contribution >= 0.6 is 11.3 Å². The first kappa shape index (κ1) is 26.0. The molecule has 1 atom stereocenters. The lowest BCUT2D eigenvalue weighted by Crippen LogP contribution is -2.29. The number of esters is 1. The van der Waals surface area contributed by atoms with Gasteiger partial charge < -0.3 is 14.6 Å². The highest BCUT2D eigenvalue weighted by Gasteiger charge is 2.48. The number of aromatic nitrogens is 1. The Morgan fingerprint density at radius 3 is 2.59 bits per heavy atom. The molecule has 0 aliphatic carbocycles. The zero-order chi connectivity index (χ0) is 26.7. The van der Waals surface area contributed by atoms with Crippen LogP contribution in [0.15, 0.2) is 54.1 Å². The lowest BCUT2D eigenvalue weighted by Gasteiger charge is -2.23. The van der Waals surface area contributed by atoms with Crippen LogP contribution in [0.25, 0.3) is 5.76 Å². The van der Waals surface area contributed by atoms with Gasteiger partial charge in [-0.3, -0.25) is 14.5 Å². The summed E-state index contributed by atoms with van der Waals surface area (Å²) in [6.07, 6.45) is 1.81. The number of carbonyl (C=O) groups is 3. The summed E-state index contributed by atoms with van der Waals surface area (Å²) in [6, 6.07) is 10.7. The van der Waals surface area contributed by atoms with Gasteiger partial charge in [-0.1, -0.05) is 48.9 Å². The number of carbonyl (C=O) groups excluding carboxylic acids is 3. The molecule has 192 valence electrons. The molecule has 0 spiro atoms. The number of hydrogen-bond donors (Lipinski definition) is 1. The van der Waals surface area contributed by atoms with Crippen LogP contribution in [0, 0.1) is 12.7 Å². The Hall–Kier alpha value is -4.05. The van der Waals surface area contributed by atoms with Crippen molar-refractivity contribution in [3.63, 3.8) is 0 Å². The molecule has 4 rings (SSSR count). The van der Waals surface area contributed by atoms with Crippen LogP contribution in [-0.2, 0) is 14.3 Å². The van der Waals surface area contributed by atoms with E-state index < -0.39 is 35.3 Å². The van der Waals surface area contributed by atoms with Gasteiger partial charge in [0.15, 0.2) is 5.13 Å². The number of halogens is 1. The Balaban J connectivity index is 1.85. The van der Waals surface area contributed by atoms with Crippen LogP contribution in [0.2, 0.25) is 0 Å². The maximum atomic E-state index is 13.7. The number of unbranched alkanes of at least 4 members (excludes halogenated alkanes) is 1. The standard InChI is InChI=1S/C27H25FN2O6S/c1-4-5-13-36-19-8-6-7-17(14-19)22(31)20-21(16-9-11-18(28)12-10-16)30(25(33)23(20)32)27-29-15(2)24(37-27)26(34)35-3/h6-12,14,21,31H,4-5,13H2,1-3H3. The first-order valence-corrected chi connectivity index (χ1v) is 12.4. The minimum atomic E-state index is -1.11. The van der Waals surface area contributed by atoms with Crippen molar-refractivity contribution in [2.75, 3.05) is 18.6 Å². The minimum Gasteiger partial charge on any atom is -0.507 e. The van der Waals surface area contributed by atoms with Crippen molar-refractivity contribution in [2.24, 2.45) is 0 Å². The number of ketones is 1. The number of aryl methyl sites for hydroxylation is 1. The number of benzene rings is 2. The number of ether oxygens (including phenoxy) is 2. The van der Waals surface area contributed by atoms with E-state index in [4.69, 9.17) is 9.47 Å². The number of amides is 1. The van der Waals surface area contributed by atoms with Gasteiger partial charge in [-0.15, -0.1) is 0 Å². The molecule has 1 amide bonds. The van der Waals surface area contributed by atoms with Crippen LogP contribution < -0.4 is 9.64 Å². The molecule has 2 aromatic carbocycles.